The molecule has 32 heavy (non-hydrogen) atoms. The molecular formula is C24H21N5O2S. The first kappa shape index (κ1) is 20.3. The van der Waals surface area contributed by atoms with E-state index in [0.29, 0.717) is 23.2 Å². The van der Waals surface area contributed by atoms with Crippen LogP contribution in [0.1, 0.15) is 31.0 Å². The van der Waals surface area contributed by atoms with Gasteiger partial charge in [0.1, 0.15) is 0 Å². The topological polar surface area (TPSA) is 82.8 Å². The van der Waals surface area contributed by atoms with Gasteiger partial charge >= 0.3 is 0 Å². The van der Waals surface area contributed by atoms with Crippen molar-refractivity contribution in [1.29, 1.82) is 0 Å². The number of furan rings is 1. The quantitative estimate of drug-likeness (QED) is 0.286. The van der Waals surface area contributed by atoms with Gasteiger partial charge in [0.2, 0.25) is 5.76 Å². The van der Waals surface area contributed by atoms with E-state index >= 15 is 0 Å². The van der Waals surface area contributed by atoms with Crippen LogP contribution in [0.3, 0.4) is 0 Å². The van der Waals surface area contributed by atoms with Gasteiger partial charge in [-0.2, -0.15) is 0 Å². The third kappa shape index (κ3) is 3.97. The summed E-state index contributed by atoms with van der Waals surface area (Å²) in [7, 11) is 0. The van der Waals surface area contributed by atoms with Crippen molar-refractivity contribution in [3.05, 3.63) is 84.5 Å². The van der Waals surface area contributed by atoms with Crippen LogP contribution in [-0.4, -0.2) is 24.9 Å². The van der Waals surface area contributed by atoms with Gasteiger partial charge in [0.05, 0.1) is 17.6 Å². The fraction of sp³-hybridized carbons (Fsp3) is 0.167. The molecule has 0 atom stereocenters. The van der Waals surface area contributed by atoms with Crippen molar-refractivity contribution < 1.29 is 8.94 Å². The summed E-state index contributed by atoms with van der Waals surface area (Å²) in [6.45, 7) is 4.37. The highest BCUT2D eigenvalue weighted by Gasteiger charge is 2.20. The molecule has 0 aliphatic carbocycles. The van der Waals surface area contributed by atoms with E-state index < -0.39 is 0 Å². The fourth-order valence-corrected chi connectivity index (χ4v) is 4.32. The van der Waals surface area contributed by atoms with Crippen LogP contribution in [0, 0.1) is 0 Å². The van der Waals surface area contributed by atoms with E-state index in [-0.39, 0.29) is 0 Å². The van der Waals surface area contributed by atoms with Crippen LogP contribution in [0.25, 0.3) is 28.6 Å². The van der Waals surface area contributed by atoms with Crippen molar-refractivity contribution in [2.24, 2.45) is 0 Å². The second kappa shape index (κ2) is 8.84. The van der Waals surface area contributed by atoms with E-state index in [4.69, 9.17) is 8.94 Å². The van der Waals surface area contributed by atoms with Crippen molar-refractivity contribution in [3.8, 4) is 28.6 Å². The predicted octanol–water partition coefficient (Wildman–Crippen LogP) is 5.99. The maximum absolute atomic E-state index is 5.43. The van der Waals surface area contributed by atoms with E-state index in [1.54, 1.807) is 30.4 Å². The highest BCUT2D eigenvalue weighted by Crippen LogP contribution is 2.33. The van der Waals surface area contributed by atoms with Gasteiger partial charge in [-0.05, 0) is 41.8 Å². The number of pyridine rings is 1. The summed E-state index contributed by atoms with van der Waals surface area (Å²) in [5.41, 5.74) is 3.99. The van der Waals surface area contributed by atoms with Gasteiger partial charge < -0.3 is 8.94 Å². The number of thioether (sulfide) groups is 1. The van der Waals surface area contributed by atoms with Crippen LogP contribution in [0.4, 0.5) is 0 Å². The smallest absolute Gasteiger partial charge is 0.202 e. The Bertz CT molecular complexity index is 1310. The minimum absolute atomic E-state index is 0.347. The van der Waals surface area contributed by atoms with Crippen molar-refractivity contribution >= 4 is 11.8 Å². The molecule has 0 aliphatic rings. The van der Waals surface area contributed by atoms with Crippen molar-refractivity contribution in [3.63, 3.8) is 0 Å². The molecule has 0 bridgehead atoms. The molecule has 5 rings (SSSR count). The Balaban J connectivity index is 1.51. The second-order valence-electron chi connectivity index (χ2n) is 7.55. The van der Waals surface area contributed by atoms with Crippen molar-refractivity contribution in [2.45, 2.75) is 30.7 Å². The predicted molar refractivity (Wildman–Crippen MR) is 122 cm³/mol. The molecule has 4 aromatic heterocycles. The monoisotopic (exact) mass is 443 g/mol. The first-order chi connectivity index (χ1) is 15.7. The van der Waals surface area contributed by atoms with E-state index in [1.165, 1.54) is 5.56 Å². The third-order valence-electron chi connectivity index (χ3n) is 5.02. The number of benzene rings is 1. The number of hydrogen-bond donors (Lipinski definition) is 0. The van der Waals surface area contributed by atoms with Crippen LogP contribution in [0.5, 0.6) is 0 Å². The lowest BCUT2D eigenvalue weighted by molar-refractivity contribution is 0.413. The lowest BCUT2D eigenvalue weighted by atomic mass is 10.0. The van der Waals surface area contributed by atoms with Gasteiger partial charge in [-0.3, -0.25) is 9.55 Å². The van der Waals surface area contributed by atoms with Gasteiger partial charge in [-0.25, -0.2) is 0 Å². The maximum Gasteiger partial charge on any atom is 0.202 e. The third-order valence-corrected chi connectivity index (χ3v) is 5.99. The average molecular weight is 444 g/mol. The average Bonchev–Trinajstić information content (AvgIpc) is 3.59. The van der Waals surface area contributed by atoms with Crippen LogP contribution in [-0.2, 0) is 5.75 Å². The normalized spacial score (nSPS) is 11.3. The molecule has 160 valence electrons. The molecule has 5 aromatic rings. The molecule has 0 amide bonds. The summed E-state index contributed by atoms with van der Waals surface area (Å²) in [5, 5.41) is 14.0. The first-order valence-electron chi connectivity index (χ1n) is 10.3. The van der Waals surface area contributed by atoms with E-state index in [1.807, 2.05) is 36.4 Å². The summed E-state index contributed by atoms with van der Waals surface area (Å²) in [6.07, 6.45) is 5.17. The van der Waals surface area contributed by atoms with Gasteiger partial charge in [0, 0.05) is 29.8 Å². The number of hydrogen-bond acceptors (Lipinski definition) is 7. The zero-order chi connectivity index (χ0) is 21.9. The molecule has 0 fully saturated rings. The van der Waals surface area contributed by atoms with Crippen molar-refractivity contribution in [2.75, 3.05) is 0 Å². The fourth-order valence-electron chi connectivity index (χ4n) is 3.50. The summed E-state index contributed by atoms with van der Waals surface area (Å²) < 4.78 is 12.9. The Kier molecular flexibility index (Phi) is 5.60. The van der Waals surface area contributed by atoms with Gasteiger partial charge in [0.25, 0.3) is 0 Å². The van der Waals surface area contributed by atoms with Crippen LogP contribution < -0.4 is 0 Å². The molecule has 1 aromatic carbocycles. The minimum atomic E-state index is 0.347. The molecule has 0 spiro atoms. The highest BCUT2D eigenvalue weighted by molar-refractivity contribution is 7.98. The Morgan fingerprint density at radius 2 is 1.91 bits per heavy atom. The summed E-state index contributed by atoms with van der Waals surface area (Å²) in [4.78, 5) is 4.26. The molecule has 0 N–H and O–H groups in total. The summed E-state index contributed by atoms with van der Waals surface area (Å²) in [5.74, 6) is 2.94. The Morgan fingerprint density at radius 3 is 2.69 bits per heavy atom. The Morgan fingerprint density at radius 1 is 1.00 bits per heavy atom. The molecular weight excluding hydrogens is 422 g/mol. The molecule has 0 aliphatic heterocycles. The first-order valence-corrected chi connectivity index (χ1v) is 11.3. The standard InChI is InChI=1S/C24H21N5O2S/c1-16(2)19-8-3-4-9-20(19)29-23(17-7-5-11-25-14-17)26-27-24(29)32-15-18-13-22(31-28-18)21-10-6-12-30-21/h3-14,16H,15H2,1-2H3. The summed E-state index contributed by atoms with van der Waals surface area (Å²) >= 11 is 1.56. The lowest BCUT2D eigenvalue weighted by Gasteiger charge is -2.16. The molecule has 0 saturated carbocycles. The maximum atomic E-state index is 5.43. The SMILES string of the molecule is CC(C)c1ccccc1-n1c(SCc2cc(-c3ccco3)on2)nnc1-c1cccnc1. The molecule has 4 heterocycles. The van der Waals surface area contributed by atoms with Gasteiger partial charge in [0.15, 0.2) is 16.7 Å². The minimum Gasteiger partial charge on any atom is -0.461 e. The largest absolute Gasteiger partial charge is 0.461 e. The molecule has 8 heteroatoms. The van der Waals surface area contributed by atoms with Crippen LogP contribution in [0.2, 0.25) is 0 Å². The number of nitrogens with zero attached hydrogens (tertiary/aromatic N) is 5. The number of para-hydroxylation sites is 1. The highest BCUT2D eigenvalue weighted by atomic mass is 32.2. The van der Waals surface area contributed by atoms with E-state index in [9.17, 15) is 0 Å². The van der Waals surface area contributed by atoms with Crippen LogP contribution in [0.15, 0.2) is 87.4 Å². The molecule has 0 unspecified atom stereocenters. The van der Waals surface area contributed by atoms with Crippen molar-refractivity contribution in [1.82, 2.24) is 24.9 Å². The Hall–Kier alpha value is -3.65. The summed E-state index contributed by atoms with van der Waals surface area (Å²) in [6, 6.07) is 17.8. The number of aromatic nitrogens is 5. The van der Waals surface area contributed by atoms with E-state index in [0.717, 1.165) is 27.9 Å². The Labute approximate surface area is 189 Å². The number of rotatable bonds is 7. The zero-order valence-electron chi connectivity index (χ0n) is 17.7. The van der Waals surface area contributed by atoms with E-state index in [2.05, 4.69) is 57.0 Å². The second-order valence-corrected chi connectivity index (χ2v) is 8.49. The van der Waals surface area contributed by atoms with Gasteiger partial charge in [-0.15, -0.1) is 10.2 Å². The molecule has 0 radical (unpaired) electrons. The molecule has 7 nitrogen and oxygen atoms in total. The van der Waals surface area contributed by atoms with Gasteiger partial charge in [-0.1, -0.05) is 49.0 Å². The van der Waals surface area contributed by atoms with Crippen LogP contribution >= 0.6 is 11.8 Å². The molecule has 0 saturated heterocycles. The zero-order valence-corrected chi connectivity index (χ0v) is 18.5. The lowest BCUT2D eigenvalue weighted by Crippen LogP contribution is -2.05.